The SMILES string of the molecule is O=C(CCN1C(=O)C(=Cc2ccco2)SC1=S)NCCc1ccc(O)cc1. The van der Waals surface area contributed by atoms with Gasteiger partial charge in [-0.15, -0.1) is 0 Å². The maximum absolute atomic E-state index is 12.4. The van der Waals surface area contributed by atoms with E-state index >= 15 is 0 Å². The fraction of sp³-hybridized carbons (Fsp3) is 0.211. The van der Waals surface area contributed by atoms with Crippen molar-refractivity contribution in [1.29, 1.82) is 0 Å². The largest absolute Gasteiger partial charge is 0.508 e. The highest BCUT2D eigenvalue weighted by Crippen LogP contribution is 2.32. The molecule has 1 fully saturated rings. The van der Waals surface area contributed by atoms with Crippen molar-refractivity contribution in [2.45, 2.75) is 12.8 Å². The molecule has 2 N–H and O–H groups in total. The van der Waals surface area contributed by atoms with Crippen molar-refractivity contribution in [1.82, 2.24) is 10.2 Å². The molecule has 2 amide bonds. The van der Waals surface area contributed by atoms with Crippen LogP contribution in [-0.4, -0.2) is 39.2 Å². The molecule has 0 unspecified atom stereocenters. The standard InChI is InChI=1S/C19H18N2O4S2/c22-14-5-3-13(4-6-14)7-9-20-17(23)8-10-21-18(24)16(27-19(21)26)12-15-2-1-11-25-15/h1-6,11-12,22H,7-10H2,(H,20,23). The quantitative estimate of drug-likeness (QED) is 0.547. The third-order valence-corrected chi connectivity index (χ3v) is 5.30. The van der Waals surface area contributed by atoms with Crippen molar-refractivity contribution in [2.24, 2.45) is 0 Å². The minimum atomic E-state index is -0.210. The van der Waals surface area contributed by atoms with E-state index in [9.17, 15) is 14.7 Å². The first-order chi connectivity index (χ1) is 13.0. The fourth-order valence-corrected chi connectivity index (χ4v) is 3.79. The number of amides is 2. The number of benzene rings is 1. The molecular formula is C19H18N2O4S2. The maximum atomic E-state index is 12.4. The molecule has 6 nitrogen and oxygen atoms in total. The molecule has 0 bridgehead atoms. The molecule has 1 aliphatic heterocycles. The minimum Gasteiger partial charge on any atom is -0.508 e. The van der Waals surface area contributed by atoms with Crippen LogP contribution >= 0.6 is 24.0 Å². The summed E-state index contributed by atoms with van der Waals surface area (Å²) in [4.78, 5) is 26.4. The number of rotatable bonds is 7. The summed E-state index contributed by atoms with van der Waals surface area (Å²) >= 11 is 6.45. The van der Waals surface area contributed by atoms with Crippen LogP contribution in [0.4, 0.5) is 0 Å². The average molecular weight is 402 g/mol. The van der Waals surface area contributed by atoms with Crippen LogP contribution in [0.15, 0.2) is 52.0 Å². The molecule has 3 rings (SSSR count). The van der Waals surface area contributed by atoms with Crippen molar-refractivity contribution in [3.63, 3.8) is 0 Å². The van der Waals surface area contributed by atoms with Gasteiger partial charge in [-0.1, -0.05) is 36.1 Å². The van der Waals surface area contributed by atoms with E-state index in [1.807, 2.05) is 12.1 Å². The van der Waals surface area contributed by atoms with E-state index in [0.29, 0.717) is 28.0 Å². The third kappa shape index (κ3) is 5.21. The number of hydrogen-bond donors (Lipinski definition) is 2. The summed E-state index contributed by atoms with van der Waals surface area (Å²) in [6, 6.07) is 10.4. The lowest BCUT2D eigenvalue weighted by molar-refractivity contribution is -0.123. The second-order valence-corrected chi connectivity index (χ2v) is 7.54. The Hall–Kier alpha value is -2.58. The highest BCUT2D eigenvalue weighted by atomic mass is 32.2. The number of nitrogens with zero attached hydrogens (tertiary/aromatic N) is 1. The predicted molar refractivity (Wildman–Crippen MR) is 108 cm³/mol. The molecule has 2 aromatic rings. The number of thiocarbonyl (C=S) groups is 1. The molecule has 1 aromatic carbocycles. The van der Waals surface area contributed by atoms with Gasteiger partial charge in [0.05, 0.1) is 11.2 Å². The highest BCUT2D eigenvalue weighted by Gasteiger charge is 2.32. The summed E-state index contributed by atoms with van der Waals surface area (Å²) in [7, 11) is 0. The van der Waals surface area contributed by atoms with E-state index in [-0.39, 0.29) is 30.5 Å². The minimum absolute atomic E-state index is 0.141. The van der Waals surface area contributed by atoms with Crippen LogP contribution in [-0.2, 0) is 16.0 Å². The number of carbonyl (C=O) groups excluding carboxylic acids is 2. The van der Waals surface area contributed by atoms with Crippen molar-refractivity contribution < 1.29 is 19.1 Å². The van der Waals surface area contributed by atoms with E-state index in [4.69, 9.17) is 16.6 Å². The van der Waals surface area contributed by atoms with Gasteiger partial charge in [-0.3, -0.25) is 14.5 Å². The lowest BCUT2D eigenvalue weighted by atomic mass is 10.1. The van der Waals surface area contributed by atoms with Gasteiger partial charge in [0.15, 0.2) is 0 Å². The molecule has 1 aliphatic rings. The van der Waals surface area contributed by atoms with Gasteiger partial charge in [-0.25, -0.2) is 0 Å². The number of aromatic hydroxyl groups is 1. The Morgan fingerprint density at radius 3 is 2.78 bits per heavy atom. The Morgan fingerprint density at radius 1 is 1.30 bits per heavy atom. The third-order valence-electron chi connectivity index (χ3n) is 3.92. The van der Waals surface area contributed by atoms with Crippen LogP contribution in [0.1, 0.15) is 17.7 Å². The summed E-state index contributed by atoms with van der Waals surface area (Å²) in [5.41, 5.74) is 1.02. The lowest BCUT2D eigenvalue weighted by Gasteiger charge is -2.14. The Morgan fingerprint density at radius 2 is 2.07 bits per heavy atom. The molecule has 0 radical (unpaired) electrons. The number of thioether (sulfide) groups is 1. The lowest BCUT2D eigenvalue weighted by Crippen LogP contribution is -2.34. The Bertz CT molecular complexity index is 860. The van der Waals surface area contributed by atoms with Crippen LogP contribution < -0.4 is 5.32 Å². The average Bonchev–Trinajstić information content (AvgIpc) is 3.24. The number of phenolic OH excluding ortho intramolecular Hbond substituents is 1. The van der Waals surface area contributed by atoms with Crippen molar-refractivity contribution in [2.75, 3.05) is 13.1 Å². The zero-order valence-corrected chi connectivity index (χ0v) is 16.0. The van der Waals surface area contributed by atoms with Gasteiger partial charge in [-0.05, 0) is 36.2 Å². The topological polar surface area (TPSA) is 82.8 Å². The van der Waals surface area contributed by atoms with Crippen LogP contribution in [0.2, 0.25) is 0 Å². The molecule has 27 heavy (non-hydrogen) atoms. The molecule has 1 aromatic heterocycles. The van der Waals surface area contributed by atoms with Gasteiger partial charge in [0.25, 0.3) is 5.91 Å². The molecule has 140 valence electrons. The molecule has 1 saturated heterocycles. The Labute approximate surface area is 166 Å². The van der Waals surface area contributed by atoms with Crippen LogP contribution in [0.3, 0.4) is 0 Å². The zero-order chi connectivity index (χ0) is 19.2. The number of phenols is 1. The monoisotopic (exact) mass is 402 g/mol. The second-order valence-electron chi connectivity index (χ2n) is 5.87. The van der Waals surface area contributed by atoms with Crippen LogP contribution in [0.5, 0.6) is 5.75 Å². The summed E-state index contributed by atoms with van der Waals surface area (Å²) in [5.74, 6) is 0.450. The zero-order valence-electron chi connectivity index (χ0n) is 14.4. The highest BCUT2D eigenvalue weighted by molar-refractivity contribution is 8.26. The van der Waals surface area contributed by atoms with E-state index in [0.717, 1.165) is 5.56 Å². The number of carbonyl (C=O) groups is 2. The van der Waals surface area contributed by atoms with E-state index in [1.165, 1.54) is 22.9 Å². The number of nitrogens with one attached hydrogen (secondary N) is 1. The molecule has 8 heteroatoms. The molecule has 0 spiro atoms. The van der Waals surface area contributed by atoms with Gasteiger partial charge >= 0.3 is 0 Å². The van der Waals surface area contributed by atoms with Crippen molar-refractivity contribution in [3.05, 3.63) is 58.9 Å². The molecule has 2 heterocycles. The van der Waals surface area contributed by atoms with Gasteiger partial charge in [0, 0.05) is 25.6 Å². The first kappa shape index (κ1) is 19.2. The van der Waals surface area contributed by atoms with Crippen molar-refractivity contribution >= 4 is 46.2 Å². The summed E-state index contributed by atoms with van der Waals surface area (Å²) in [6.07, 6.45) is 4.03. The Kier molecular flexibility index (Phi) is 6.31. The van der Waals surface area contributed by atoms with E-state index < -0.39 is 0 Å². The summed E-state index contributed by atoms with van der Waals surface area (Å²) < 4.78 is 5.66. The molecule has 0 aliphatic carbocycles. The first-order valence-corrected chi connectivity index (χ1v) is 9.59. The summed E-state index contributed by atoms with van der Waals surface area (Å²) in [6.45, 7) is 0.728. The number of hydrogen-bond acceptors (Lipinski definition) is 6. The first-order valence-electron chi connectivity index (χ1n) is 8.36. The normalized spacial score (nSPS) is 15.6. The van der Waals surface area contributed by atoms with E-state index in [2.05, 4.69) is 5.32 Å². The Balaban J connectivity index is 1.45. The second kappa shape index (κ2) is 8.88. The van der Waals surface area contributed by atoms with Gasteiger partial charge in [0.2, 0.25) is 5.91 Å². The molecule has 0 atom stereocenters. The maximum Gasteiger partial charge on any atom is 0.266 e. The van der Waals surface area contributed by atoms with Crippen LogP contribution in [0, 0.1) is 0 Å². The van der Waals surface area contributed by atoms with E-state index in [1.54, 1.807) is 30.3 Å². The van der Waals surface area contributed by atoms with Gasteiger partial charge in [-0.2, -0.15) is 0 Å². The molecular weight excluding hydrogens is 384 g/mol. The van der Waals surface area contributed by atoms with Crippen molar-refractivity contribution in [3.8, 4) is 5.75 Å². The van der Waals surface area contributed by atoms with Gasteiger partial charge < -0.3 is 14.8 Å². The predicted octanol–water partition coefficient (Wildman–Crippen LogP) is 2.94. The number of furan rings is 1. The van der Waals surface area contributed by atoms with Crippen LogP contribution in [0.25, 0.3) is 6.08 Å². The summed E-state index contributed by atoms with van der Waals surface area (Å²) in [5, 5.41) is 12.1. The fourth-order valence-electron chi connectivity index (χ4n) is 2.51. The molecule has 0 saturated carbocycles. The smallest absolute Gasteiger partial charge is 0.266 e. The van der Waals surface area contributed by atoms with Gasteiger partial charge in [0.1, 0.15) is 15.8 Å².